The van der Waals surface area contributed by atoms with E-state index in [2.05, 4.69) is 58.8 Å². The molecule has 3 heterocycles. The summed E-state index contributed by atoms with van der Waals surface area (Å²) >= 11 is 0. The van der Waals surface area contributed by atoms with Gasteiger partial charge in [0, 0.05) is 50.8 Å². The van der Waals surface area contributed by atoms with Crippen LogP contribution in [0.15, 0.2) is 42.7 Å². The number of aryl methyl sites for hydroxylation is 1. The lowest BCUT2D eigenvalue weighted by atomic mass is 9.86. The molecular formula is C22H30N4O. The van der Waals surface area contributed by atoms with Crippen LogP contribution in [0.4, 0.5) is 0 Å². The quantitative estimate of drug-likeness (QED) is 0.885. The summed E-state index contributed by atoms with van der Waals surface area (Å²) in [5.74, 6) is 0.988. The van der Waals surface area contributed by atoms with Gasteiger partial charge in [-0.15, -0.1) is 0 Å². The van der Waals surface area contributed by atoms with Crippen molar-refractivity contribution in [2.45, 2.75) is 44.1 Å². The van der Waals surface area contributed by atoms with E-state index in [1.165, 1.54) is 11.1 Å². The number of amides is 1. The Morgan fingerprint density at radius 1 is 1.30 bits per heavy atom. The molecule has 0 aliphatic carbocycles. The summed E-state index contributed by atoms with van der Waals surface area (Å²) in [7, 11) is 1.94. The van der Waals surface area contributed by atoms with Crippen molar-refractivity contribution in [1.82, 2.24) is 20.0 Å². The summed E-state index contributed by atoms with van der Waals surface area (Å²) in [5, 5.41) is 7.75. The molecule has 4 rings (SSSR count). The third-order valence-corrected chi connectivity index (χ3v) is 6.40. The molecule has 0 spiro atoms. The van der Waals surface area contributed by atoms with Gasteiger partial charge in [-0.1, -0.05) is 37.3 Å². The van der Waals surface area contributed by atoms with Crippen LogP contribution in [0, 0.1) is 5.92 Å². The molecule has 2 aliphatic rings. The van der Waals surface area contributed by atoms with E-state index in [0.717, 1.165) is 38.9 Å². The van der Waals surface area contributed by atoms with Gasteiger partial charge in [0.15, 0.2) is 0 Å². The van der Waals surface area contributed by atoms with Crippen molar-refractivity contribution in [3.8, 4) is 0 Å². The Bertz CT molecular complexity index is 772. The van der Waals surface area contributed by atoms with Crippen LogP contribution in [0.3, 0.4) is 0 Å². The van der Waals surface area contributed by atoms with Crippen molar-refractivity contribution < 1.29 is 4.79 Å². The molecular weight excluding hydrogens is 336 g/mol. The Morgan fingerprint density at radius 2 is 2.11 bits per heavy atom. The standard InChI is InChI=1S/C22H30N4O/c1-3-18(16-8-5-4-6-9-16)21-10-7-11-26(21)22(27)20-14-23-13-19(20)17-12-24-25(2)15-17/h4-6,8-9,12,15,18-21,23H,3,7,10-11,13-14H2,1-2H3/t18?,19-,20+,21?/m1/s1. The van der Waals surface area contributed by atoms with Crippen molar-refractivity contribution >= 4 is 5.91 Å². The Hall–Kier alpha value is -2.14. The van der Waals surface area contributed by atoms with Crippen LogP contribution in [0.25, 0.3) is 0 Å². The number of nitrogens with zero attached hydrogens (tertiary/aromatic N) is 3. The number of carbonyl (C=O) groups excluding carboxylic acids is 1. The molecule has 1 aromatic heterocycles. The topological polar surface area (TPSA) is 50.2 Å². The third kappa shape index (κ3) is 3.53. The van der Waals surface area contributed by atoms with E-state index in [-0.39, 0.29) is 11.8 Å². The molecule has 5 heteroatoms. The molecule has 27 heavy (non-hydrogen) atoms. The van der Waals surface area contributed by atoms with Crippen LogP contribution in [-0.4, -0.2) is 46.3 Å². The zero-order valence-corrected chi connectivity index (χ0v) is 16.3. The summed E-state index contributed by atoms with van der Waals surface area (Å²) in [5.41, 5.74) is 2.53. The molecule has 1 amide bonds. The number of nitrogens with one attached hydrogen (secondary N) is 1. The number of hydrogen-bond acceptors (Lipinski definition) is 3. The Morgan fingerprint density at radius 3 is 2.81 bits per heavy atom. The van der Waals surface area contributed by atoms with Gasteiger partial charge in [0.25, 0.3) is 0 Å². The molecule has 2 fully saturated rings. The first-order chi connectivity index (χ1) is 13.2. The molecule has 144 valence electrons. The van der Waals surface area contributed by atoms with Crippen LogP contribution < -0.4 is 5.32 Å². The van der Waals surface area contributed by atoms with Crippen LogP contribution >= 0.6 is 0 Å². The second kappa shape index (κ2) is 7.85. The molecule has 1 N–H and O–H groups in total. The van der Waals surface area contributed by atoms with E-state index in [4.69, 9.17) is 0 Å². The maximum Gasteiger partial charge on any atom is 0.227 e. The average molecular weight is 367 g/mol. The van der Waals surface area contributed by atoms with Crippen LogP contribution in [-0.2, 0) is 11.8 Å². The minimum absolute atomic E-state index is 0.0167. The van der Waals surface area contributed by atoms with Crippen molar-refractivity contribution in [2.75, 3.05) is 19.6 Å². The summed E-state index contributed by atoms with van der Waals surface area (Å²) < 4.78 is 1.83. The molecule has 2 aromatic rings. The van der Waals surface area contributed by atoms with Gasteiger partial charge in [0.2, 0.25) is 5.91 Å². The van der Waals surface area contributed by atoms with E-state index < -0.39 is 0 Å². The largest absolute Gasteiger partial charge is 0.339 e. The van der Waals surface area contributed by atoms with Crippen molar-refractivity contribution in [3.05, 3.63) is 53.9 Å². The van der Waals surface area contributed by atoms with Gasteiger partial charge in [0.1, 0.15) is 0 Å². The van der Waals surface area contributed by atoms with Gasteiger partial charge >= 0.3 is 0 Å². The molecule has 5 nitrogen and oxygen atoms in total. The maximum absolute atomic E-state index is 13.6. The number of likely N-dealkylation sites (tertiary alicyclic amines) is 1. The number of carbonyl (C=O) groups is 1. The van der Waals surface area contributed by atoms with Crippen molar-refractivity contribution in [3.63, 3.8) is 0 Å². The molecule has 0 radical (unpaired) electrons. The normalized spacial score (nSPS) is 26.4. The lowest BCUT2D eigenvalue weighted by Gasteiger charge is -2.34. The summed E-state index contributed by atoms with van der Waals surface area (Å²) in [4.78, 5) is 15.8. The van der Waals surface area contributed by atoms with Crippen molar-refractivity contribution in [2.24, 2.45) is 13.0 Å². The highest BCUT2D eigenvalue weighted by atomic mass is 16.2. The Labute approximate surface area is 161 Å². The van der Waals surface area contributed by atoms with Crippen LogP contribution in [0.1, 0.15) is 49.1 Å². The van der Waals surface area contributed by atoms with Gasteiger partial charge < -0.3 is 10.2 Å². The highest BCUT2D eigenvalue weighted by molar-refractivity contribution is 5.81. The van der Waals surface area contributed by atoms with Crippen molar-refractivity contribution in [1.29, 1.82) is 0 Å². The zero-order chi connectivity index (χ0) is 18.8. The Kier molecular flexibility index (Phi) is 5.30. The van der Waals surface area contributed by atoms with Gasteiger partial charge in [-0.2, -0.15) is 5.10 Å². The van der Waals surface area contributed by atoms with Gasteiger partial charge in [-0.3, -0.25) is 9.48 Å². The summed E-state index contributed by atoms with van der Waals surface area (Å²) in [6.45, 7) is 4.76. The van der Waals surface area contributed by atoms with Gasteiger partial charge in [0.05, 0.1) is 12.1 Å². The number of hydrogen-bond donors (Lipinski definition) is 1. The second-order valence-electron chi connectivity index (χ2n) is 7.99. The predicted molar refractivity (Wildman–Crippen MR) is 107 cm³/mol. The molecule has 0 bridgehead atoms. The number of rotatable bonds is 5. The zero-order valence-electron chi connectivity index (χ0n) is 16.3. The number of aromatic nitrogens is 2. The Balaban J connectivity index is 1.55. The van der Waals surface area contributed by atoms with E-state index in [0.29, 0.717) is 17.9 Å². The summed E-state index contributed by atoms with van der Waals surface area (Å²) in [6.07, 6.45) is 7.25. The number of benzene rings is 1. The lowest BCUT2D eigenvalue weighted by molar-refractivity contribution is -0.136. The first kappa shape index (κ1) is 18.2. The highest BCUT2D eigenvalue weighted by Crippen LogP contribution is 2.37. The fourth-order valence-corrected chi connectivity index (χ4v) is 5.05. The minimum Gasteiger partial charge on any atom is -0.339 e. The third-order valence-electron chi connectivity index (χ3n) is 6.40. The van der Waals surface area contributed by atoms with Gasteiger partial charge in [-0.05, 0) is 30.4 Å². The van der Waals surface area contributed by atoms with E-state index in [9.17, 15) is 4.79 Å². The van der Waals surface area contributed by atoms with Gasteiger partial charge in [-0.25, -0.2) is 0 Å². The molecule has 2 saturated heterocycles. The van der Waals surface area contributed by atoms with E-state index in [1.807, 2.05) is 17.9 Å². The lowest BCUT2D eigenvalue weighted by Crippen LogP contribution is -2.44. The fourth-order valence-electron chi connectivity index (χ4n) is 5.05. The molecule has 4 atom stereocenters. The molecule has 2 unspecified atom stereocenters. The maximum atomic E-state index is 13.6. The van der Waals surface area contributed by atoms with E-state index >= 15 is 0 Å². The smallest absolute Gasteiger partial charge is 0.227 e. The van der Waals surface area contributed by atoms with E-state index in [1.54, 1.807) is 0 Å². The van der Waals surface area contributed by atoms with Crippen LogP contribution in [0.5, 0.6) is 0 Å². The fraction of sp³-hybridized carbons (Fsp3) is 0.545. The highest BCUT2D eigenvalue weighted by Gasteiger charge is 2.42. The molecule has 0 saturated carbocycles. The second-order valence-corrected chi connectivity index (χ2v) is 7.99. The SMILES string of the molecule is CCC(c1ccccc1)C1CCCN1C(=O)[C@H]1CNC[C@@H]1c1cnn(C)c1. The first-order valence-corrected chi connectivity index (χ1v) is 10.2. The van der Waals surface area contributed by atoms with Crippen LogP contribution in [0.2, 0.25) is 0 Å². The average Bonchev–Trinajstić information content (AvgIpc) is 3.43. The predicted octanol–water partition coefficient (Wildman–Crippen LogP) is 2.91. The summed E-state index contributed by atoms with van der Waals surface area (Å²) in [6, 6.07) is 11.0. The monoisotopic (exact) mass is 366 g/mol. The molecule has 2 aliphatic heterocycles. The minimum atomic E-state index is 0.0167. The first-order valence-electron chi connectivity index (χ1n) is 10.2. The molecule has 1 aromatic carbocycles.